The Morgan fingerprint density at radius 2 is 1.80 bits per heavy atom. The van der Waals surface area contributed by atoms with Crippen molar-refractivity contribution in [2.75, 3.05) is 18.0 Å². The minimum Gasteiger partial charge on any atom is -0.369 e. The van der Waals surface area contributed by atoms with E-state index in [9.17, 15) is 4.79 Å². The Morgan fingerprint density at radius 3 is 2.40 bits per heavy atom. The lowest BCUT2D eigenvalue weighted by Gasteiger charge is -2.28. The number of anilines is 1. The zero-order chi connectivity index (χ0) is 17.8. The molecule has 6 nitrogen and oxygen atoms in total. The van der Waals surface area contributed by atoms with Crippen molar-refractivity contribution in [1.29, 1.82) is 0 Å². The number of piperidine rings is 1. The average Bonchev–Trinajstić information content (AvgIpc) is 3.04. The van der Waals surface area contributed by atoms with Gasteiger partial charge in [0.15, 0.2) is 5.16 Å². The fraction of sp³-hybridized carbons (Fsp3) is 0.500. The SMILES string of the molecule is CC(C)[C@H](Sc1nnc(N2CCCCC2)n1-c1ccccc1)C(N)=O. The smallest absolute Gasteiger partial charge is 0.232 e. The number of hydrogen-bond donors (Lipinski definition) is 1. The number of benzene rings is 1. The summed E-state index contributed by atoms with van der Waals surface area (Å²) in [7, 11) is 0. The Labute approximate surface area is 152 Å². The molecule has 2 heterocycles. The van der Waals surface area contributed by atoms with Crippen LogP contribution < -0.4 is 10.6 Å². The molecule has 1 aromatic heterocycles. The molecule has 1 fully saturated rings. The van der Waals surface area contributed by atoms with E-state index < -0.39 is 0 Å². The molecule has 0 unspecified atom stereocenters. The second kappa shape index (κ2) is 7.91. The maximum absolute atomic E-state index is 11.8. The van der Waals surface area contributed by atoms with Gasteiger partial charge in [-0.1, -0.05) is 43.8 Å². The van der Waals surface area contributed by atoms with Gasteiger partial charge in [0.05, 0.1) is 10.9 Å². The van der Waals surface area contributed by atoms with Gasteiger partial charge in [-0.15, -0.1) is 10.2 Å². The highest BCUT2D eigenvalue weighted by Crippen LogP contribution is 2.32. The number of carbonyl (C=O) groups excluding carboxylic acids is 1. The molecule has 2 aromatic rings. The molecule has 0 bridgehead atoms. The first-order valence-electron chi connectivity index (χ1n) is 8.79. The van der Waals surface area contributed by atoms with Crippen LogP contribution in [0.4, 0.5) is 5.95 Å². The summed E-state index contributed by atoms with van der Waals surface area (Å²) in [6.07, 6.45) is 3.59. The van der Waals surface area contributed by atoms with E-state index in [2.05, 4.69) is 15.1 Å². The summed E-state index contributed by atoms with van der Waals surface area (Å²) in [5.41, 5.74) is 6.60. The van der Waals surface area contributed by atoms with Gasteiger partial charge in [0.25, 0.3) is 0 Å². The van der Waals surface area contributed by atoms with Gasteiger partial charge in [-0.25, -0.2) is 0 Å². The van der Waals surface area contributed by atoms with Crippen molar-refractivity contribution in [1.82, 2.24) is 14.8 Å². The first-order valence-corrected chi connectivity index (χ1v) is 9.67. The lowest BCUT2D eigenvalue weighted by atomic mass is 10.1. The van der Waals surface area contributed by atoms with Gasteiger partial charge in [-0.05, 0) is 37.3 Å². The van der Waals surface area contributed by atoms with Crippen LogP contribution in [0, 0.1) is 5.92 Å². The van der Waals surface area contributed by atoms with Gasteiger partial charge in [0, 0.05) is 13.1 Å². The number of para-hydroxylation sites is 1. The largest absolute Gasteiger partial charge is 0.369 e. The number of hydrogen-bond acceptors (Lipinski definition) is 5. The molecule has 0 radical (unpaired) electrons. The molecule has 0 saturated carbocycles. The standard InChI is InChI=1S/C18H25N5OS/c1-13(2)15(16(19)24)25-18-21-20-17(22-11-7-4-8-12-22)23(18)14-9-5-3-6-10-14/h3,5-6,9-10,13,15H,4,7-8,11-12H2,1-2H3,(H2,19,24)/t15-/m0/s1. The summed E-state index contributed by atoms with van der Waals surface area (Å²) in [5, 5.41) is 9.23. The molecule has 1 amide bonds. The molecule has 134 valence electrons. The lowest BCUT2D eigenvalue weighted by Crippen LogP contribution is -2.32. The van der Waals surface area contributed by atoms with Crippen LogP contribution in [-0.2, 0) is 4.79 Å². The van der Waals surface area contributed by atoms with Gasteiger partial charge in [-0.2, -0.15) is 0 Å². The molecule has 0 spiro atoms. The third-order valence-corrected chi connectivity index (χ3v) is 5.89. The van der Waals surface area contributed by atoms with E-state index in [1.807, 2.05) is 48.7 Å². The number of primary amides is 1. The number of nitrogens with two attached hydrogens (primary N) is 1. The zero-order valence-electron chi connectivity index (χ0n) is 14.8. The maximum atomic E-state index is 11.8. The summed E-state index contributed by atoms with van der Waals surface area (Å²) in [6, 6.07) is 10.1. The molecule has 7 heteroatoms. The van der Waals surface area contributed by atoms with Crippen molar-refractivity contribution in [3.8, 4) is 5.69 Å². The molecule has 2 N–H and O–H groups in total. The number of nitrogens with zero attached hydrogens (tertiary/aromatic N) is 4. The topological polar surface area (TPSA) is 77.0 Å². The number of thioether (sulfide) groups is 1. The Hall–Kier alpha value is -2.02. The molecule has 1 atom stereocenters. The predicted molar refractivity (Wildman–Crippen MR) is 101 cm³/mol. The summed E-state index contributed by atoms with van der Waals surface area (Å²) in [5.74, 6) is 0.657. The van der Waals surface area contributed by atoms with Crippen molar-refractivity contribution in [2.24, 2.45) is 11.7 Å². The van der Waals surface area contributed by atoms with Crippen molar-refractivity contribution in [3.63, 3.8) is 0 Å². The maximum Gasteiger partial charge on any atom is 0.232 e. The normalized spacial score (nSPS) is 16.2. The molecular formula is C18H25N5OS. The van der Waals surface area contributed by atoms with E-state index in [1.165, 1.54) is 31.0 Å². The third-order valence-electron chi connectivity index (χ3n) is 4.39. The van der Waals surface area contributed by atoms with E-state index in [0.29, 0.717) is 5.16 Å². The number of rotatable bonds is 6. The van der Waals surface area contributed by atoms with Gasteiger partial charge in [-0.3, -0.25) is 9.36 Å². The van der Waals surface area contributed by atoms with E-state index in [-0.39, 0.29) is 17.1 Å². The Bertz CT molecular complexity index is 710. The molecule has 0 aliphatic carbocycles. The van der Waals surface area contributed by atoms with Crippen LogP contribution in [0.5, 0.6) is 0 Å². The highest BCUT2D eigenvalue weighted by molar-refractivity contribution is 8.00. The van der Waals surface area contributed by atoms with Crippen LogP contribution in [-0.4, -0.2) is 39.0 Å². The summed E-state index contributed by atoms with van der Waals surface area (Å²) in [6.45, 7) is 5.96. The molecule has 1 aromatic carbocycles. The van der Waals surface area contributed by atoms with E-state index in [0.717, 1.165) is 24.7 Å². The summed E-state index contributed by atoms with van der Waals surface area (Å²) in [4.78, 5) is 14.1. The van der Waals surface area contributed by atoms with Crippen LogP contribution in [0.25, 0.3) is 5.69 Å². The van der Waals surface area contributed by atoms with Crippen LogP contribution in [0.3, 0.4) is 0 Å². The first-order chi connectivity index (χ1) is 12.1. The lowest BCUT2D eigenvalue weighted by molar-refractivity contribution is -0.118. The van der Waals surface area contributed by atoms with E-state index in [4.69, 9.17) is 5.73 Å². The van der Waals surface area contributed by atoms with Gasteiger partial charge in [0.2, 0.25) is 11.9 Å². The molecule has 1 aliphatic heterocycles. The second-order valence-corrected chi connectivity index (χ2v) is 7.79. The monoisotopic (exact) mass is 359 g/mol. The summed E-state index contributed by atoms with van der Waals surface area (Å²) < 4.78 is 2.05. The Morgan fingerprint density at radius 1 is 1.12 bits per heavy atom. The van der Waals surface area contributed by atoms with Crippen LogP contribution >= 0.6 is 11.8 Å². The molecule has 1 aliphatic rings. The van der Waals surface area contributed by atoms with Crippen molar-refractivity contribution >= 4 is 23.6 Å². The van der Waals surface area contributed by atoms with Crippen molar-refractivity contribution in [3.05, 3.63) is 30.3 Å². The minimum atomic E-state index is -0.333. The van der Waals surface area contributed by atoms with E-state index >= 15 is 0 Å². The Balaban J connectivity index is 2.00. The molecular weight excluding hydrogens is 334 g/mol. The Kier molecular flexibility index (Phi) is 5.63. The van der Waals surface area contributed by atoms with Gasteiger partial charge < -0.3 is 10.6 Å². The fourth-order valence-corrected chi connectivity index (χ4v) is 4.07. The zero-order valence-corrected chi connectivity index (χ0v) is 15.6. The van der Waals surface area contributed by atoms with Crippen LogP contribution in [0.15, 0.2) is 35.5 Å². The first kappa shape index (κ1) is 17.8. The number of aromatic nitrogens is 3. The van der Waals surface area contributed by atoms with Crippen LogP contribution in [0.1, 0.15) is 33.1 Å². The quantitative estimate of drug-likeness (QED) is 0.803. The van der Waals surface area contributed by atoms with Gasteiger partial charge in [0.1, 0.15) is 0 Å². The number of amides is 1. The minimum absolute atomic E-state index is 0.127. The number of carbonyl (C=O) groups is 1. The molecule has 3 rings (SSSR count). The summed E-state index contributed by atoms with van der Waals surface area (Å²) >= 11 is 1.40. The fourth-order valence-electron chi connectivity index (χ4n) is 3.08. The third kappa shape index (κ3) is 3.98. The molecule has 1 saturated heterocycles. The van der Waals surface area contributed by atoms with Crippen molar-refractivity contribution < 1.29 is 4.79 Å². The van der Waals surface area contributed by atoms with E-state index in [1.54, 1.807) is 0 Å². The molecule has 25 heavy (non-hydrogen) atoms. The highest BCUT2D eigenvalue weighted by Gasteiger charge is 2.27. The van der Waals surface area contributed by atoms with Crippen molar-refractivity contribution in [2.45, 2.75) is 43.5 Å². The second-order valence-electron chi connectivity index (χ2n) is 6.69. The predicted octanol–water partition coefficient (Wildman–Crippen LogP) is 2.86. The average molecular weight is 359 g/mol. The highest BCUT2D eigenvalue weighted by atomic mass is 32.2. The van der Waals surface area contributed by atoms with Gasteiger partial charge >= 0.3 is 0 Å². The van der Waals surface area contributed by atoms with Crippen LogP contribution in [0.2, 0.25) is 0 Å².